The van der Waals surface area contributed by atoms with Crippen molar-refractivity contribution in [3.8, 4) is 0 Å². The molecule has 0 amide bonds. The summed E-state index contributed by atoms with van der Waals surface area (Å²) in [7, 11) is 0. The lowest BCUT2D eigenvalue weighted by atomic mass is 10.1. The van der Waals surface area contributed by atoms with E-state index >= 15 is 0 Å². The maximum Gasteiger partial charge on any atom is 0.227 e. The van der Waals surface area contributed by atoms with Gasteiger partial charge in [-0.1, -0.05) is 23.3 Å². The van der Waals surface area contributed by atoms with Crippen LogP contribution >= 0.6 is 0 Å². The second-order valence-electron chi connectivity index (χ2n) is 3.89. The van der Waals surface area contributed by atoms with Crippen LogP contribution < -0.4 is 0 Å². The third-order valence-corrected chi connectivity index (χ3v) is 2.80. The molecule has 1 aromatic heterocycles. The lowest BCUT2D eigenvalue weighted by Gasteiger charge is -2.05. The van der Waals surface area contributed by atoms with E-state index in [2.05, 4.69) is 10.0 Å². The molecule has 6 heteroatoms. The minimum absolute atomic E-state index is 0.130. The van der Waals surface area contributed by atoms with Gasteiger partial charge < -0.3 is 5.11 Å². The molecule has 0 unspecified atom stereocenters. The SMILES string of the molecule is CC(=O)n1cc([C@@H](CO)N=[N+]=[N-])c2ccccc21. The lowest BCUT2D eigenvalue weighted by molar-refractivity contribution is 0.0941. The third-order valence-electron chi connectivity index (χ3n) is 2.80. The van der Waals surface area contributed by atoms with Crippen LogP contribution in [-0.4, -0.2) is 22.2 Å². The van der Waals surface area contributed by atoms with Gasteiger partial charge in [0, 0.05) is 23.4 Å². The van der Waals surface area contributed by atoms with E-state index in [-0.39, 0.29) is 12.5 Å². The van der Waals surface area contributed by atoms with Crippen molar-refractivity contribution in [2.75, 3.05) is 6.61 Å². The van der Waals surface area contributed by atoms with E-state index in [1.54, 1.807) is 6.20 Å². The molecule has 0 saturated heterocycles. The minimum atomic E-state index is -0.680. The molecule has 0 spiro atoms. The number of aliphatic hydroxyl groups is 1. The number of para-hydroxylation sites is 1. The molecular formula is C12H12N4O2. The molecule has 0 radical (unpaired) electrons. The number of benzene rings is 1. The van der Waals surface area contributed by atoms with Gasteiger partial charge in [-0.25, -0.2) is 0 Å². The second kappa shape index (κ2) is 4.91. The van der Waals surface area contributed by atoms with Gasteiger partial charge in [0.2, 0.25) is 5.91 Å². The summed E-state index contributed by atoms with van der Waals surface area (Å²) in [5.41, 5.74) is 9.89. The Hall–Kier alpha value is -2.30. The molecule has 0 fully saturated rings. The zero-order chi connectivity index (χ0) is 13.1. The van der Waals surface area contributed by atoms with Crippen LogP contribution in [0.4, 0.5) is 0 Å². The van der Waals surface area contributed by atoms with E-state index < -0.39 is 6.04 Å². The Bertz CT molecular complexity index is 641. The van der Waals surface area contributed by atoms with Crippen molar-refractivity contribution in [1.82, 2.24) is 4.57 Å². The standard InChI is InChI=1S/C12H12N4O2/c1-8(18)16-6-10(11(7-17)14-15-13)9-4-2-3-5-12(9)16/h2-6,11,17H,7H2,1H3/t11-/m1/s1. The number of rotatable bonds is 3. The summed E-state index contributed by atoms with van der Waals surface area (Å²) in [4.78, 5) is 14.3. The summed E-state index contributed by atoms with van der Waals surface area (Å²) in [6.45, 7) is 1.16. The second-order valence-corrected chi connectivity index (χ2v) is 3.89. The van der Waals surface area contributed by atoms with Crippen molar-refractivity contribution in [2.45, 2.75) is 13.0 Å². The fourth-order valence-electron chi connectivity index (χ4n) is 1.99. The molecule has 0 aliphatic heterocycles. The average Bonchev–Trinajstić information content (AvgIpc) is 2.75. The van der Waals surface area contributed by atoms with Gasteiger partial charge >= 0.3 is 0 Å². The van der Waals surface area contributed by atoms with Crippen LogP contribution in [0.1, 0.15) is 23.3 Å². The van der Waals surface area contributed by atoms with Gasteiger partial charge in [-0.3, -0.25) is 9.36 Å². The summed E-state index contributed by atoms with van der Waals surface area (Å²) < 4.78 is 1.49. The molecule has 1 N–H and O–H groups in total. The molecule has 0 bridgehead atoms. The Labute approximate surface area is 103 Å². The van der Waals surface area contributed by atoms with E-state index in [1.165, 1.54) is 11.5 Å². The Balaban J connectivity index is 2.71. The first-order valence-corrected chi connectivity index (χ1v) is 5.45. The number of hydrogen-bond donors (Lipinski definition) is 1. The normalized spacial score (nSPS) is 12.1. The molecule has 6 nitrogen and oxygen atoms in total. The maximum absolute atomic E-state index is 11.5. The monoisotopic (exact) mass is 244 g/mol. The first-order chi connectivity index (χ1) is 8.69. The van der Waals surface area contributed by atoms with Crippen molar-refractivity contribution in [3.05, 3.63) is 46.5 Å². The Morgan fingerprint density at radius 3 is 2.89 bits per heavy atom. The first-order valence-electron chi connectivity index (χ1n) is 5.45. The van der Waals surface area contributed by atoms with Crippen molar-refractivity contribution in [3.63, 3.8) is 0 Å². The topological polar surface area (TPSA) is 91.0 Å². The highest BCUT2D eigenvalue weighted by atomic mass is 16.3. The van der Waals surface area contributed by atoms with Crippen LogP contribution in [0.15, 0.2) is 35.6 Å². The van der Waals surface area contributed by atoms with Crippen molar-refractivity contribution < 1.29 is 9.90 Å². The van der Waals surface area contributed by atoms with Gasteiger partial charge in [0.05, 0.1) is 18.2 Å². The average molecular weight is 244 g/mol. The van der Waals surface area contributed by atoms with E-state index in [0.717, 1.165) is 10.9 Å². The maximum atomic E-state index is 11.5. The zero-order valence-corrected chi connectivity index (χ0v) is 9.82. The van der Waals surface area contributed by atoms with Gasteiger partial charge in [0.1, 0.15) is 0 Å². The van der Waals surface area contributed by atoms with E-state index in [9.17, 15) is 9.90 Å². The molecule has 0 aliphatic carbocycles. The van der Waals surface area contributed by atoms with Crippen LogP contribution in [0.3, 0.4) is 0 Å². The quantitative estimate of drug-likeness (QED) is 0.510. The fraction of sp³-hybridized carbons (Fsp3) is 0.250. The Morgan fingerprint density at radius 1 is 1.56 bits per heavy atom. The Morgan fingerprint density at radius 2 is 2.28 bits per heavy atom. The molecule has 1 heterocycles. The van der Waals surface area contributed by atoms with Crippen molar-refractivity contribution >= 4 is 16.8 Å². The molecule has 92 valence electrons. The molecule has 0 aliphatic rings. The third kappa shape index (κ3) is 1.95. The zero-order valence-electron chi connectivity index (χ0n) is 9.82. The highest BCUT2D eigenvalue weighted by molar-refractivity contribution is 5.93. The molecule has 0 saturated carbocycles. The van der Waals surface area contributed by atoms with Gasteiger partial charge in [-0.15, -0.1) is 0 Å². The number of azide groups is 1. The largest absolute Gasteiger partial charge is 0.396 e. The molecule has 2 rings (SSSR count). The van der Waals surface area contributed by atoms with E-state index in [1.807, 2.05) is 24.3 Å². The summed E-state index contributed by atoms with van der Waals surface area (Å²) in [5, 5.41) is 13.6. The van der Waals surface area contributed by atoms with Crippen LogP contribution in [0, 0.1) is 0 Å². The number of aliphatic hydroxyl groups excluding tert-OH is 1. The number of fused-ring (bicyclic) bond motifs is 1. The summed E-state index contributed by atoms with van der Waals surface area (Å²) in [6.07, 6.45) is 1.61. The van der Waals surface area contributed by atoms with Crippen LogP contribution in [-0.2, 0) is 0 Å². The molecule has 2 aromatic rings. The summed E-state index contributed by atoms with van der Waals surface area (Å²) in [5.74, 6) is -0.130. The summed E-state index contributed by atoms with van der Waals surface area (Å²) in [6, 6.07) is 6.62. The first kappa shape index (κ1) is 12.2. The van der Waals surface area contributed by atoms with Gasteiger partial charge in [-0.05, 0) is 17.2 Å². The molecule has 18 heavy (non-hydrogen) atoms. The van der Waals surface area contributed by atoms with E-state index in [4.69, 9.17) is 5.53 Å². The van der Waals surface area contributed by atoms with Gasteiger partial charge in [0.25, 0.3) is 0 Å². The molecule has 1 atom stereocenters. The predicted octanol–water partition coefficient (Wildman–Crippen LogP) is 2.65. The number of hydrogen-bond acceptors (Lipinski definition) is 3. The van der Waals surface area contributed by atoms with E-state index in [0.29, 0.717) is 5.56 Å². The molecule has 1 aromatic carbocycles. The van der Waals surface area contributed by atoms with Crippen LogP contribution in [0.5, 0.6) is 0 Å². The van der Waals surface area contributed by atoms with Crippen molar-refractivity contribution in [2.24, 2.45) is 5.11 Å². The predicted molar refractivity (Wildman–Crippen MR) is 67.2 cm³/mol. The minimum Gasteiger partial charge on any atom is -0.396 e. The highest BCUT2D eigenvalue weighted by Gasteiger charge is 2.17. The molecular weight excluding hydrogens is 232 g/mol. The lowest BCUT2D eigenvalue weighted by Crippen LogP contribution is -2.03. The number of aromatic nitrogens is 1. The number of nitrogens with zero attached hydrogens (tertiary/aromatic N) is 4. The number of carbonyl (C=O) groups is 1. The van der Waals surface area contributed by atoms with Crippen LogP contribution in [0.25, 0.3) is 21.3 Å². The Kier molecular flexibility index (Phi) is 3.32. The summed E-state index contributed by atoms with van der Waals surface area (Å²) >= 11 is 0. The number of carbonyl (C=O) groups excluding carboxylic acids is 1. The van der Waals surface area contributed by atoms with Crippen LogP contribution in [0.2, 0.25) is 0 Å². The van der Waals surface area contributed by atoms with Gasteiger partial charge in [0.15, 0.2) is 0 Å². The van der Waals surface area contributed by atoms with Gasteiger partial charge in [-0.2, -0.15) is 0 Å². The smallest absolute Gasteiger partial charge is 0.227 e. The fourth-order valence-corrected chi connectivity index (χ4v) is 1.99. The van der Waals surface area contributed by atoms with Crippen molar-refractivity contribution in [1.29, 1.82) is 0 Å². The highest BCUT2D eigenvalue weighted by Crippen LogP contribution is 2.28.